The Morgan fingerprint density at radius 1 is 1.25 bits per heavy atom. The lowest BCUT2D eigenvalue weighted by molar-refractivity contribution is -0.135. The third-order valence-electron chi connectivity index (χ3n) is 5.77. The summed E-state index contributed by atoms with van der Waals surface area (Å²) in [6, 6.07) is 3.96. The Labute approximate surface area is 145 Å². The molecule has 1 amide bonds. The molecule has 1 aliphatic carbocycles. The summed E-state index contributed by atoms with van der Waals surface area (Å²) in [4.78, 5) is 17.8. The molecule has 1 unspecified atom stereocenters. The van der Waals surface area contributed by atoms with Crippen LogP contribution in [0.25, 0.3) is 0 Å². The molecule has 0 radical (unpaired) electrons. The highest BCUT2D eigenvalue weighted by Gasteiger charge is 2.45. The first-order valence-electron chi connectivity index (χ1n) is 9.37. The highest BCUT2D eigenvalue weighted by Crippen LogP contribution is 2.36. The van der Waals surface area contributed by atoms with Crippen molar-refractivity contribution in [3.8, 4) is 0 Å². The number of amides is 1. The van der Waals surface area contributed by atoms with Crippen molar-refractivity contribution in [1.82, 2.24) is 15.1 Å². The van der Waals surface area contributed by atoms with Crippen molar-refractivity contribution in [1.29, 1.82) is 0 Å². The molecule has 24 heavy (non-hydrogen) atoms. The van der Waals surface area contributed by atoms with Gasteiger partial charge in [-0.15, -0.1) is 0 Å². The number of nitrogens with one attached hydrogen (secondary N) is 1. The molecule has 5 heteroatoms. The summed E-state index contributed by atoms with van der Waals surface area (Å²) in [5.41, 5.74) is -0.269. The lowest BCUT2D eigenvalue weighted by Gasteiger charge is -2.43. The van der Waals surface area contributed by atoms with Gasteiger partial charge in [-0.2, -0.15) is 0 Å². The van der Waals surface area contributed by atoms with Crippen LogP contribution >= 0.6 is 0 Å². The van der Waals surface area contributed by atoms with Gasteiger partial charge in [-0.25, -0.2) is 0 Å². The van der Waals surface area contributed by atoms with Crippen LogP contribution in [0.15, 0.2) is 22.8 Å². The molecule has 2 aliphatic rings. The second-order valence-corrected chi connectivity index (χ2v) is 7.49. The van der Waals surface area contributed by atoms with Gasteiger partial charge in [0, 0.05) is 6.54 Å². The van der Waals surface area contributed by atoms with Gasteiger partial charge in [0.1, 0.15) is 11.3 Å². The van der Waals surface area contributed by atoms with Crippen LogP contribution in [0.5, 0.6) is 0 Å². The van der Waals surface area contributed by atoms with Gasteiger partial charge in [-0.3, -0.25) is 14.6 Å². The zero-order valence-electron chi connectivity index (χ0n) is 15.1. The van der Waals surface area contributed by atoms with E-state index in [1.54, 1.807) is 6.26 Å². The van der Waals surface area contributed by atoms with Crippen LogP contribution in [-0.4, -0.2) is 55.0 Å². The van der Waals surface area contributed by atoms with Gasteiger partial charge in [0.15, 0.2) is 0 Å². The molecule has 2 heterocycles. The van der Waals surface area contributed by atoms with Crippen LogP contribution in [-0.2, 0) is 4.79 Å². The van der Waals surface area contributed by atoms with E-state index in [9.17, 15) is 4.79 Å². The zero-order chi connectivity index (χ0) is 17.0. The molecule has 1 aromatic rings. The van der Waals surface area contributed by atoms with Gasteiger partial charge in [0.2, 0.25) is 5.91 Å². The van der Waals surface area contributed by atoms with Crippen molar-refractivity contribution >= 4 is 5.91 Å². The molecule has 1 atom stereocenters. The topological polar surface area (TPSA) is 48.7 Å². The van der Waals surface area contributed by atoms with Crippen LogP contribution in [0.2, 0.25) is 0 Å². The minimum atomic E-state index is -0.269. The van der Waals surface area contributed by atoms with E-state index in [1.165, 1.54) is 32.1 Å². The van der Waals surface area contributed by atoms with Crippen LogP contribution in [0.4, 0.5) is 0 Å². The fourth-order valence-electron chi connectivity index (χ4n) is 4.34. The molecule has 0 spiro atoms. The van der Waals surface area contributed by atoms with Gasteiger partial charge in [0.25, 0.3) is 0 Å². The Hall–Kier alpha value is -1.33. The van der Waals surface area contributed by atoms with Gasteiger partial charge in [-0.05, 0) is 65.0 Å². The van der Waals surface area contributed by atoms with E-state index in [0.717, 1.165) is 31.7 Å². The Balaban J connectivity index is 1.69. The van der Waals surface area contributed by atoms with E-state index in [4.69, 9.17) is 4.42 Å². The van der Waals surface area contributed by atoms with Crippen molar-refractivity contribution in [2.75, 3.05) is 33.7 Å². The summed E-state index contributed by atoms with van der Waals surface area (Å²) in [5.74, 6) is 1.13. The van der Waals surface area contributed by atoms with E-state index in [-0.39, 0.29) is 17.5 Å². The highest BCUT2D eigenvalue weighted by atomic mass is 16.3. The number of likely N-dealkylation sites (tertiary alicyclic amines) is 1. The molecular formula is C19H31N3O2. The van der Waals surface area contributed by atoms with Crippen LogP contribution in [0.3, 0.4) is 0 Å². The largest absolute Gasteiger partial charge is 0.468 e. The standard InChI is InChI=1S/C19H31N3O2/c1-21(2)16(17-9-8-14-24-17)15-20-18(23)19(10-4-3-5-11-19)22-12-6-7-13-22/h8-9,14,16H,3-7,10-13,15H2,1-2H3,(H,20,23). The summed E-state index contributed by atoms with van der Waals surface area (Å²) in [6.07, 6.45) is 9.75. The first-order chi connectivity index (χ1) is 11.6. The van der Waals surface area contributed by atoms with E-state index < -0.39 is 0 Å². The fraction of sp³-hybridized carbons (Fsp3) is 0.737. The normalized spacial score (nSPS) is 22.6. The third-order valence-corrected chi connectivity index (χ3v) is 5.77. The van der Waals surface area contributed by atoms with Gasteiger partial charge >= 0.3 is 0 Å². The molecule has 3 rings (SSSR count). The number of hydrogen-bond acceptors (Lipinski definition) is 4. The van der Waals surface area contributed by atoms with Gasteiger partial charge in [0.05, 0.1) is 12.3 Å². The molecule has 0 aromatic carbocycles. The number of hydrogen-bond donors (Lipinski definition) is 1. The van der Waals surface area contributed by atoms with Crippen molar-refractivity contribution in [2.24, 2.45) is 0 Å². The fourth-order valence-corrected chi connectivity index (χ4v) is 4.34. The quantitative estimate of drug-likeness (QED) is 0.870. The van der Waals surface area contributed by atoms with E-state index in [0.29, 0.717) is 6.54 Å². The third kappa shape index (κ3) is 3.52. The van der Waals surface area contributed by atoms with Gasteiger partial charge in [-0.1, -0.05) is 19.3 Å². The molecular weight excluding hydrogens is 302 g/mol. The van der Waals surface area contributed by atoms with Crippen molar-refractivity contribution in [3.63, 3.8) is 0 Å². The predicted molar refractivity (Wildman–Crippen MR) is 94.8 cm³/mol. The average Bonchev–Trinajstić information content (AvgIpc) is 3.29. The Kier molecular flexibility index (Phi) is 5.61. The van der Waals surface area contributed by atoms with Crippen molar-refractivity contribution < 1.29 is 9.21 Å². The van der Waals surface area contributed by atoms with Crippen molar-refractivity contribution in [3.05, 3.63) is 24.2 Å². The van der Waals surface area contributed by atoms with Crippen LogP contribution in [0.1, 0.15) is 56.7 Å². The van der Waals surface area contributed by atoms with E-state index >= 15 is 0 Å². The smallest absolute Gasteiger partial charge is 0.240 e. The average molecular weight is 333 g/mol. The molecule has 0 bridgehead atoms. The summed E-state index contributed by atoms with van der Waals surface area (Å²) in [7, 11) is 4.05. The number of rotatable bonds is 6. The monoisotopic (exact) mass is 333 g/mol. The van der Waals surface area contributed by atoms with E-state index in [1.807, 2.05) is 26.2 Å². The van der Waals surface area contributed by atoms with Crippen LogP contribution < -0.4 is 5.32 Å². The van der Waals surface area contributed by atoms with Crippen LogP contribution in [0, 0.1) is 0 Å². The molecule has 1 saturated carbocycles. The molecule has 1 aliphatic heterocycles. The maximum absolute atomic E-state index is 13.2. The number of likely N-dealkylation sites (N-methyl/N-ethyl adjacent to an activating group) is 1. The molecule has 1 saturated heterocycles. The minimum absolute atomic E-state index is 0.0724. The predicted octanol–water partition coefficient (Wildman–Crippen LogP) is 2.80. The Bertz CT molecular complexity index is 515. The number of carbonyl (C=O) groups excluding carboxylic acids is 1. The second-order valence-electron chi connectivity index (χ2n) is 7.49. The number of furan rings is 1. The number of nitrogens with zero attached hydrogens (tertiary/aromatic N) is 2. The molecule has 5 nitrogen and oxygen atoms in total. The molecule has 134 valence electrons. The second kappa shape index (κ2) is 7.70. The summed E-state index contributed by atoms with van der Waals surface area (Å²) >= 11 is 0. The Morgan fingerprint density at radius 2 is 1.96 bits per heavy atom. The molecule has 1 N–H and O–H groups in total. The van der Waals surface area contributed by atoms with E-state index in [2.05, 4.69) is 15.1 Å². The SMILES string of the molecule is CN(C)C(CNC(=O)C1(N2CCCC2)CCCCC1)c1ccco1. The number of carbonyl (C=O) groups is 1. The van der Waals surface area contributed by atoms with Gasteiger partial charge < -0.3 is 9.73 Å². The minimum Gasteiger partial charge on any atom is -0.468 e. The maximum Gasteiger partial charge on any atom is 0.240 e. The first kappa shape index (κ1) is 17.5. The Morgan fingerprint density at radius 3 is 2.54 bits per heavy atom. The maximum atomic E-state index is 13.2. The van der Waals surface area contributed by atoms with Crippen molar-refractivity contribution in [2.45, 2.75) is 56.5 Å². The highest BCUT2D eigenvalue weighted by molar-refractivity contribution is 5.86. The lowest BCUT2D eigenvalue weighted by atomic mass is 9.79. The lowest BCUT2D eigenvalue weighted by Crippen LogP contribution is -2.59. The molecule has 2 fully saturated rings. The zero-order valence-corrected chi connectivity index (χ0v) is 15.1. The summed E-state index contributed by atoms with van der Waals surface area (Å²) in [5, 5.41) is 3.26. The summed E-state index contributed by atoms with van der Waals surface area (Å²) < 4.78 is 5.56. The first-order valence-corrected chi connectivity index (χ1v) is 9.37. The molecule has 1 aromatic heterocycles. The summed E-state index contributed by atoms with van der Waals surface area (Å²) in [6.45, 7) is 2.74.